The average molecular weight is 186 g/mol. The molecule has 0 rings (SSSR count). The lowest BCUT2D eigenvalue weighted by atomic mass is 10.1. The highest BCUT2D eigenvalue weighted by molar-refractivity contribution is 5.75. The summed E-state index contributed by atoms with van der Waals surface area (Å²) in [5.74, 6) is 3.06. The third kappa shape index (κ3) is 7.32. The molecule has 0 aliphatic heterocycles. The minimum atomic E-state index is -2.02. The van der Waals surface area contributed by atoms with Gasteiger partial charge >= 0.3 is 5.97 Å². The summed E-state index contributed by atoms with van der Waals surface area (Å²) >= 11 is 0. The molecule has 0 radical (unpaired) electrons. The number of rotatable bonds is 5. The van der Waals surface area contributed by atoms with Gasteiger partial charge in [0.2, 0.25) is 0 Å². The normalized spacial score (nSPS) is 11.5. The predicted molar refractivity (Wildman–Crippen MR) is 49.1 cm³/mol. The summed E-state index contributed by atoms with van der Waals surface area (Å²) in [5, 5.41) is 8.15. The third-order valence-corrected chi connectivity index (χ3v) is 1.60. The number of carboxylic acids is 1. The topological polar surface area (TPSA) is 37.3 Å². The SMILES string of the molecule is CCCCCCC#CC(F)C(=O)O. The molecule has 1 atom stereocenters. The largest absolute Gasteiger partial charge is 0.478 e. The van der Waals surface area contributed by atoms with Crippen LogP contribution < -0.4 is 0 Å². The number of carboxylic acid groups (broad SMARTS) is 1. The van der Waals surface area contributed by atoms with Crippen molar-refractivity contribution in [2.24, 2.45) is 0 Å². The molecule has 74 valence electrons. The Labute approximate surface area is 78.1 Å². The van der Waals surface area contributed by atoms with Crippen LogP contribution in [-0.2, 0) is 4.79 Å². The molecule has 2 nitrogen and oxygen atoms in total. The van der Waals surface area contributed by atoms with Gasteiger partial charge in [-0.3, -0.25) is 0 Å². The van der Waals surface area contributed by atoms with E-state index in [1.807, 2.05) is 5.92 Å². The first-order chi connectivity index (χ1) is 6.18. The first kappa shape index (κ1) is 12.0. The van der Waals surface area contributed by atoms with Crippen molar-refractivity contribution in [3.05, 3.63) is 0 Å². The fraction of sp³-hybridized carbons (Fsp3) is 0.700. The van der Waals surface area contributed by atoms with Crippen molar-refractivity contribution in [2.45, 2.75) is 45.2 Å². The lowest BCUT2D eigenvalue weighted by Crippen LogP contribution is -2.11. The van der Waals surface area contributed by atoms with Crippen molar-refractivity contribution >= 4 is 5.97 Å². The number of hydrogen-bond donors (Lipinski definition) is 1. The number of alkyl halides is 1. The Bertz CT molecular complexity index is 203. The molecule has 0 spiro atoms. The second-order valence-corrected chi connectivity index (χ2v) is 2.83. The maximum atomic E-state index is 12.3. The van der Waals surface area contributed by atoms with E-state index in [0.717, 1.165) is 25.7 Å². The van der Waals surface area contributed by atoms with Gasteiger partial charge in [0.1, 0.15) is 0 Å². The van der Waals surface area contributed by atoms with Gasteiger partial charge in [0, 0.05) is 6.42 Å². The molecule has 0 fully saturated rings. The van der Waals surface area contributed by atoms with Crippen LogP contribution in [0.25, 0.3) is 0 Å². The molecule has 0 bridgehead atoms. The van der Waals surface area contributed by atoms with Crippen LogP contribution in [0.5, 0.6) is 0 Å². The smallest absolute Gasteiger partial charge is 0.351 e. The Morgan fingerprint density at radius 1 is 1.46 bits per heavy atom. The average Bonchev–Trinajstić information content (AvgIpc) is 2.10. The number of aliphatic carboxylic acids is 1. The summed E-state index contributed by atoms with van der Waals surface area (Å²) in [7, 11) is 0. The van der Waals surface area contributed by atoms with Gasteiger partial charge in [-0.05, 0) is 6.42 Å². The number of hydrogen-bond acceptors (Lipinski definition) is 1. The molecule has 13 heavy (non-hydrogen) atoms. The summed E-state index contributed by atoms with van der Waals surface area (Å²) in [6, 6.07) is 0. The summed E-state index contributed by atoms with van der Waals surface area (Å²) in [6.07, 6.45) is 2.87. The van der Waals surface area contributed by atoms with E-state index in [2.05, 4.69) is 12.8 Å². The Hall–Kier alpha value is -1.04. The highest BCUT2D eigenvalue weighted by atomic mass is 19.1. The van der Waals surface area contributed by atoms with Crippen LogP contribution in [0.1, 0.15) is 39.0 Å². The van der Waals surface area contributed by atoms with Gasteiger partial charge in [0.25, 0.3) is 6.17 Å². The summed E-state index contributed by atoms with van der Waals surface area (Å²) in [6.45, 7) is 2.10. The first-order valence-electron chi connectivity index (χ1n) is 4.53. The Morgan fingerprint density at radius 3 is 2.69 bits per heavy atom. The first-order valence-corrected chi connectivity index (χ1v) is 4.53. The van der Waals surface area contributed by atoms with Crippen LogP contribution in [0, 0.1) is 11.8 Å². The van der Waals surface area contributed by atoms with Crippen LogP contribution in [0.3, 0.4) is 0 Å². The highest BCUT2D eigenvalue weighted by Gasteiger charge is 2.09. The molecule has 0 aromatic rings. The van der Waals surface area contributed by atoms with E-state index in [-0.39, 0.29) is 0 Å². The molecule has 1 N–H and O–H groups in total. The molecule has 0 aliphatic carbocycles. The molecule has 0 amide bonds. The fourth-order valence-corrected chi connectivity index (χ4v) is 0.864. The Balaban J connectivity index is 3.44. The second-order valence-electron chi connectivity index (χ2n) is 2.83. The van der Waals surface area contributed by atoms with Crippen molar-refractivity contribution in [1.82, 2.24) is 0 Å². The molecule has 0 aromatic heterocycles. The minimum absolute atomic E-state index is 0.591. The summed E-state index contributed by atoms with van der Waals surface area (Å²) in [5.41, 5.74) is 0. The monoisotopic (exact) mass is 186 g/mol. The summed E-state index contributed by atoms with van der Waals surface area (Å²) in [4.78, 5) is 9.99. The van der Waals surface area contributed by atoms with Crippen molar-refractivity contribution in [3.63, 3.8) is 0 Å². The maximum Gasteiger partial charge on any atom is 0.351 e. The van der Waals surface area contributed by atoms with Crippen LogP contribution >= 0.6 is 0 Å². The molecular weight excluding hydrogens is 171 g/mol. The van der Waals surface area contributed by atoms with Gasteiger partial charge in [-0.15, -0.1) is 0 Å². The maximum absolute atomic E-state index is 12.3. The molecule has 0 heterocycles. The van der Waals surface area contributed by atoms with E-state index in [0.29, 0.717) is 6.42 Å². The highest BCUT2D eigenvalue weighted by Crippen LogP contribution is 2.01. The van der Waals surface area contributed by atoms with E-state index < -0.39 is 12.1 Å². The van der Waals surface area contributed by atoms with Gasteiger partial charge in [-0.1, -0.05) is 38.0 Å². The van der Waals surface area contributed by atoms with Crippen molar-refractivity contribution in [1.29, 1.82) is 0 Å². The van der Waals surface area contributed by atoms with Crippen LogP contribution in [0.4, 0.5) is 4.39 Å². The van der Waals surface area contributed by atoms with Gasteiger partial charge in [0.05, 0.1) is 0 Å². The van der Waals surface area contributed by atoms with Crippen LogP contribution in [0.2, 0.25) is 0 Å². The van der Waals surface area contributed by atoms with Crippen LogP contribution in [-0.4, -0.2) is 17.2 Å². The van der Waals surface area contributed by atoms with Crippen molar-refractivity contribution in [2.75, 3.05) is 0 Å². The van der Waals surface area contributed by atoms with Crippen molar-refractivity contribution < 1.29 is 14.3 Å². The summed E-state index contributed by atoms with van der Waals surface area (Å²) < 4.78 is 12.3. The van der Waals surface area contributed by atoms with Gasteiger partial charge in [-0.25, -0.2) is 9.18 Å². The number of carbonyl (C=O) groups is 1. The molecule has 0 saturated heterocycles. The quantitative estimate of drug-likeness (QED) is 0.528. The van der Waals surface area contributed by atoms with E-state index in [9.17, 15) is 9.18 Å². The zero-order valence-corrected chi connectivity index (χ0v) is 7.85. The van der Waals surface area contributed by atoms with E-state index in [1.54, 1.807) is 0 Å². The number of halogens is 1. The molecular formula is C10H15FO2. The Morgan fingerprint density at radius 2 is 2.15 bits per heavy atom. The number of unbranched alkanes of at least 4 members (excludes halogenated alkanes) is 4. The lowest BCUT2D eigenvalue weighted by molar-refractivity contribution is -0.140. The second kappa shape index (κ2) is 7.60. The third-order valence-electron chi connectivity index (χ3n) is 1.60. The Kier molecular flexibility index (Phi) is 6.99. The molecule has 0 aliphatic rings. The standard InChI is InChI=1S/C10H15FO2/c1-2-3-4-5-6-7-8-9(11)10(12)13/h9H,2-6H2,1H3,(H,12,13). The van der Waals surface area contributed by atoms with Crippen LogP contribution in [0.15, 0.2) is 0 Å². The fourth-order valence-electron chi connectivity index (χ4n) is 0.864. The zero-order valence-electron chi connectivity index (χ0n) is 7.85. The lowest BCUT2D eigenvalue weighted by Gasteiger charge is -1.92. The zero-order chi connectivity index (χ0) is 10.1. The minimum Gasteiger partial charge on any atom is -0.478 e. The molecule has 0 aromatic carbocycles. The van der Waals surface area contributed by atoms with Crippen molar-refractivity contribution in [3.8, 4) is 11.8 Å². The van der Waals surface area contributed by atoms with Gasteiger partial charge < -0.3 is 5.11 Å². The molecule has 3 heteroatoms. The predicted octanol–water partition coefficient (Wildman–Crippen LogP) is 2.38. The van der Waals surface area contributed by atoms with E-state index >= 15 is 0 Å². The van der Waals surface area contributed by atoms with E-state index in [1.165, 1.54) is 0 Å². The molecule has 0 saturated carbocycles. The van der Waals surface area contributed by atoms with Gasteiger partial charge in [0.15, 0.2) is 0 Å². The molecule has 1 unspecified atom stereocenters. The van der Waals surface area contributed by atoms with Gasteiger partial charge in [-0.2, -0.15) is 0 Å². The van der Waals surface area contributed by atoms with E-state index in [4.69, 9.17) is 5.11 Å².